The van der Waals surface area contributed by atoms with Gasteiger partial charge in [0, 0.05) is 18.7 Å². The molecule has 0 saturated heterocycles. The molecule has 0 spiro atoms. The molecule has 0 saturated carbocycles. The number of nitrogens with zero attached hydrogens (tertiary/aromatic N) is 5. The molecule has 2 rings (SSSR count). The maximum Gasteiger partial charge on any atom is 0.246 e. The molecule has 1 aromatic carbocycles. The Balaban J connectivity index is 2.06. The zero-order valence-corrected chi connectivity index (χ0v) is 13.2. The number of amides is 1. The van der Waals surface area contributed by atoms with Crippen molar-refractivity contribution in [2.75, 3.05) is 19.7 Å². The van der Waals surface area contributed by atoms with Crippen molar-refractivity contribution in [3.05, 3.63) is 24.3 Å². The lowest BCUT2D eigenvalue weighted by Crippen LogP contribution is -2.34. The molecule has 7 nitrogen and oxygen atoms in total. The molecule has 0 fully saturated rings. The van der Waals surface area contributed by atoms with E-state index in [4.69, 9.17) is 4.74 Å². The summed E-state index contributed by atoms with van der Waals surface area (Å²) >= 11 is 0. The Kier molecular flexibility index (Phi) is 5.46. The lowest BCUT2D eigenvalue weighted by atomic mass is 10.2. The van der Waals surface area contributed by atoms with Gasteiger partial charge in [0.2, 0.25) is 11.7 Å². The van der Waals surface area contributed by atoms with Gasteiger partial charge in [-0.2, -0.15) is 4.80 Å². The third-order valence-corrected chi connectivity index (χ3v) is 3.27. The number of rotatable bonds is 7. The molecular weight excluding hydrogens is 282 g/mol. The first-order valence-corrected chi connectivity index (χ1v) is 7.46. The van der Waals surface area contributed by atoms with Gasteiger partial charge in [-0.3, -0.25) is 4.79 Å². The average Bonchev–Trinajstić information content (AvgIpc) is 2.98. The first-order chi connectivity index (χ1) is 10.7. The number of aromatic nitrogens is 4. The maximum atomic E-state index is 12.0. The van der Waals surface area contributed by atoms with Gasteiger partial charge < -0.3 is 9.64 Å². The summed E-state index contributed by atoms with van der Waals surface area (Å²) < 4.78 is 5.39. The Labute approximate surface area is 129 Å². The number of ether oxygens (including phenoxy) is 1. The predicted octanol–water partition coefficient (Wildman–Crippen LogP) is 1.61. The molecule has 0 radical (unpaired) electrons. The number of carbonyl (C=O) groups excluding carboxylic acids is 1. The van der Waals surface area contributed by atoms with E-state index in [9.17, 15) is 4.79 Å². The van der Waals surface area contributed by atoms with Gasteiger partial charge in [0.15, 0.2) is 0 Å². The fourth-order valence-corrected chi connectivity index (χ4v) is 2.09. The highest BCUT2D eigenvalue weighted by molar-refractivity contribution is 5.75. The Morgan fingerprint density at radius 3 is 2.45 bits per heavy atom. The lowest BCUT2D eigenvalue weighted by Gasteiger charge is -2.17. The monoisotopic (exact) mass is 303 g/mol. The summed E-state index contributed by atoms with van der Waals surface area (Å²) in [6, 6.07) is 7.47. The van der Waals surface area contributed by atoms with Gasteiger partial charge in [-0.25, -0.2) is 0 Å². The average molecular weight is 303 g/mol. The van der Waals surface area contributed by atoms with Crippen molar-refractivity contribution in [2.24, 2.45) is 0 Å². The second-order valence-electron chi connectivity index (χ2n) is 4.67. The molecule has 0 aliphatic rings. The SMILES string of the molecule is CCOc1ccc(-c2nnn(CC(=O)N(CC)CC)n2)cc1. The molecule has 1 aromatic heterocycles. The van der Waals surface area contributed by atoms with Gasteiger partial charge >= 0.3 is 0 Å². The Morgan fingerprint density at radius 2 is 1.86 bits per heavy atom. The van der Waals surface area contributed by atoms with Gasteiger partial charge in [0.05, 0.1) is 6.61 Å². The van der Waals surface area contributed by atoms with Crippen molar-refractivity contribution in [3.8, 4) is 17.1 Å². The fourth-order valence-electron chi connectivity index (χ4n) is 2.09. The van der Waals surface area contributed by atoms with E-state index in [2.05, 4.69) is 15.4 Å². The molecule has 0 aliphatic heterocycles. The summed E-state index contributed by atoms with van der Waals surface area (Å²) in [5, 5.41) is 12.2. The standard InChI is InChI=1S/C15H21N5O2/c1-4-19(5-2)14(21)11-20-17-15(16-18-20)12-7-9-13(10-8-12)22-6-3/h7-10H,4-6,11H2,1-3H3. The van der Waals surface area contributed by atoms with Crippen LogP contribution in [0.15, 0.2) is 24.3 Å². The molecular formula is C15H21N5O2. The van der Waals surface area contributed by atoms with Gasteiger partial charge in [0.1, 0.15) is 12.3 Å². The van der Waals surface area contributed by atoms with Crippen LogP contribution in [0.3, 0.4) is 0 Å². The van der Waals surface area contributed by atoms with Crippen LogP contribution in [-0.4, -0.2) is 50.7 Å². The van der Waals surface area contributed by atoms with Crippen LogP contribution in [0.1, 0.15) is 20.8 Å². The number of hydrogen-bond donors (Lipinski definition) is 0. The molecule has 0 bridgehead atoms. The van der Waals surface area contributed by atoms with Crippen LogP contribution < -0.4 is 4.74 Å². The summed E-state index contributed by atoms with van der Waals surface area (Å²) in [7, 11) is 0. The highest BCUT2D eigenvalue weighted by Crippen LogP contribution is 2.18. The number of carbonyl (C=O) groups is 1. The van der Waals surface area contributed by atoms with Gasteiger partial charge in [-0.15, -0.1) is 10.2 Å². The van der Waals surface area contributed by atoms with Crippen LogP contribution in [0.5, 0.6) is 5.75 Å². The summed E-state index contributed by atoms with van der Waals surface area (Å²) in [4.78, 5) is 15.1. The Bertz CT molecular complexity index is 605. The van der Waals surface area contributed by atoms with Gasteiger partial charge in [-0.05, 0) is 50.3 Å². The van der Waals surface area contributed by atoms with Crippen molar-refractivity contribution in [3.63, 3.8) is 0 Å². The van der Waals surface area contributed by atoms with Gasteiger partial charge in [-0.1, -0.05) is 0 Å². The second kappa shape index (κ2) is 7.53. The van der Waals surface area contributed by atoms with Crippen LogP contribution in [0, 0.1) is 0 Å². The quantitative estimate of drug-likeness (QED) is 0.777. The lowest BCUT2D eigenvalue weighted by molar-refractivity contribution is -0.131. The van der Waals surface area contributed by atoms with Crippen LogP contribution in [-0.2, 0) is 11.3 Å². The molecule has 0 atom stereocenters. The maximum absolute atomic E-state index is 12.0. The van der Waals surface area contributed by atoms with Crippen molar-refractivity contribution < 1.29 is 9.53 Å². The molecule has 1 heterocycles. The first kappa shape index (κ1) is 15.9. The largest absolute Gasteiger partial charge is 0.494 e. The highest BCUT2D eigenvalue weighted by atomic mass is 16.5. The van der Waals surface area contributed by atoms with Crippen LogP contribution in [0.25, 0.3) is 11.4 Å². The van der Waals surface area contributed by atoms with E-state index < -0.39 is 0 Å². The van der Waals surface area contributed by atoms with Crippen molar-refractivity contribution in [2.45, 2.75) is 27.3 Å². The van der Waals surface area contributed by atoms with Crippen LogP contribution in [0.2, 0.25) is 0 Å². The molecule has 118 valence electrons. The number of hydrogen-bond acceptors (Lipinski definition) is 5. The smallest absolute Gasteiger partial charge is 0.246 e. The molecule has 7 heteroatoms. The van der Waals surface area contributed by atoms with E-state index in [1.54, 1.807) is 4.90 Å². The van der Waals surface area contributed by atoms with E-state index in [1.807, 2.05) is 45.0 Å². The summed E-state index contributed by atoms with van der Waals surface area (Å²) in [6.07, 6.45) is 0. The summed E-state index contributed by atoms with van der Waals surface area (Å²) in [6.45, 7) is 7.91. The summed E-state index contributed by atoms with van der Waals surface area (Å²) in [5.74, 6) is 1.28. The first-order valence-electron chi connectivity index (χ1n) is 7.46. The van der Waals surface area contributed by atoms with Crippen LogP contribution >= 0.6 is 0 Å². The van der Waals surface area contributed by atoms with E-state index in [-0.39, 0.29) is 12.5 Å². The fraction of sp³-hybridized carbons (Fsp3) is 0.467. The van der Waals surface area contributed by atoms with Crippen molar-refractivity contribution in [1.82, 2.24) is 25.1 Å². The molecule has 1 amide bonds. The number of likely N-dealkylation sites (N-methyl/N-ethyl adjacent to an activating group) is 1. The number of tetrazole rings is 1. The van der Waals surface area contributed by atoms with E-state index in [0.717, 1.165) is 11.3 Å². The normalized spacial score (nSPS) is 10.5. The van der Waals surface area contributed by atoms with Gasteiger partial charge in [0.25, 0.3) is 0 Å². The minimum atomic E-state index is -0.0133. The third kappa shape index (κ3) is 3.81. The molecule has 0 N–H and O–H groups in total. The molecule has 22 heavy (non-hydrogen) atoms. The zero-order valence-electron chi connectivity index (χ0n) is 13.2. The van der Waals surface area contributed by atoms with Crippen LogP contribution in [0.4, 0.5) is 0 Å². The minimum absolute atomic E-state index is 0.0133. The highest BCUT2D eigenvalue weighted by Gasteiger charge is 2.13. The second-order valence-corrected chi connectivity index (χ2v) is 4.67. The van der Waals surface area contributed by atoms with Crippen molar-refractivity contribution >= 4 is 5.91 Å². The molecule has 0 unspecified atom stereocenters. The Hall–Kier alpha value is -2.44. The van der Waals surface area contributed by atoms with E-state index >= 15 is 0 Å². The topological polar surface area (TPSA) is 73.1 Å². The van der Waals surface area contributed by atoms with Crippen molar-refractivity contribution in [1.29, 1.82) is 0 Å². The van der Waals surface area contributed by atoms with E-state index in [1.165, 1.54) is 4.80 Å². The third-order valence-electron chi connectivity index (χ3n) is 3.27. The molecule has 0 aliphatic carbocycles. The Morgan fingerprint density at radius 1 is 1.18 bits per heavy atom. The zero-order chi connectivity index (χ0) is 15.9. The van der Waals surface area contributed by atoms with E-state index in [0.29, 0.717) is 25.5 Å². The molecule has 2 aromatic rings. The number of benzene rings is 1. The summed E-state index contributed by atoms with van der Waals surface area (Å²) in [5.41, 5.74) is 0.838. The predicted molar refractivity (Wildman–Crippen MR) is 82.4 cm³/mol. The minimum Gasteiger partial charge on any atom is -0.494 e.